The molecule has 0 unspecified atom stereocenters. The van der Waals surface area contributed by atoms with E-state index in [4.69, 9.17) is 5.26 Å². The van der Waals surface area contributed by atoms with Crippen molar-refractivity contribution in [3.63, 3.8) is 0 Å². The summed E-state index contributed by atoms with van der Waals surface area (Å²) < 4.78 is 2.08. The molecule has 0 aliphatic carbocycles. The maximum Gasteiger partial charge on any atom is 0.226 e. The fourth-order valence-corrected chi connectivity index (χ4v) is 3.59. The molecular formula is C16H19N5OS. The van der Waals surface area contributed by atoms with Crippen molar-refractivity contribution >= 4 is 22.2 Å². The van der Waals surface area contributed by atoms with Crippen molar-refractivity contribution in [1.82, 2.24) is 14.7 Å². The Kier molecular flexibility index (Phi) is 4.46. The third-order valence-corrected chi connectivity index (χ3v) is 4.85. The number of rotatable bonds is 5. The number of anilines is 1. The summed E-state index contributed by atoms with van der Waals surface area (Å²) in [6.45, 7) is 6.67. The Bertz CT molecular complexity index is 751. The van der Waals surface area contributed by atoms with Gasteiger partial charge < -0.3 is 5.32 Å². The van der Waals surface area contributed by atoms with E-state index in [0.717, 1.165) is 25.3 Å². The summed E-state index contributed by atoms with van der Waals surface area (Å²) in [6.07, 6.45) is 0.437. The molecule has 120 valence electrons. The van der Waals surface area contributed by atoms with Gasteiger partial charge in [0.1, 0.15) is 11.1 Å². The summed E-state index contributed by atoms with van der Waals surface area (Å²) >= 11 is 1.38. The predicted molar refractivity (Wildman–Crippen MR) is 89.5 cm³/mol. The number of aryl methyl sites for hydroxylation is 2. The van der Waals surface area contributed by atoms with Gasteiger partial charge in [-0.05, 0) is 31.4 Å². The number of nitrogens with zero attached hydrogens (tertiary/aromatic N) is 4. The summed E-state index contributed by atoms with van der Waals surface area (Å²) in [5, 5.41) is 18.7. The van der Waals surface area contributed by atoms with E-state index in [2.05, 4.69) is 39.1 Å². The topological polar surface area (TPSA) is 74.0 Å². The molecular weight excluding hydrogens is 310 g/mol. The lowest BCUT2D eigenvalue weighted by Gasteiger charge is -2.39. The largest absolute Gasteiger partial charge is 0.317 e. The molecule has 6 nitrogen and oxygen atoms in total. The van der Waals surface area contributed by atoms with Crippen LogP contribution in [-0.4, -0.2) is 40.2 Å². The molecule has 2 aromatic heterocycles. The summed E-state index contributed by atoms with van der Waals surface area (Å²) in [7, 11) is 0. The van der Waals surface area contributed by atoms with E-state index in [1.807, 2.05) is 12.3 Å². The van der Waals surface area contributed by atoms with E-state index in [0.29, 0.717) is 23.0 Å². The molecule has 0 radical (unpaired) electrons. The standard InChI is InChI=1S/C16H19N5OS/c1-11-7-12(2)21(19-11)14-9-20(10-14)5-3-15(22)18-16-13(8-17)4-6-23-16/h4,6-7,14H,3,5,9-10H2,1-2H3,(H,18,22). The Hall–Kier alpha value is -2.17. The van der Waals surface area contributed by atoms with Crippen LogP contribution in [0, 0.1) is 25.2 Å². The highest BCUT2D eigenvalue weighted by atomic mass is 32.1. The van der Waals surface area contributed by atoms with Crippen molar-refractivity contribution in [2.45, 2.75) is 26.3 Å². The smallest absolute Gasteiger partial charge is 0.226 e. The van der Waals surface area contributed by atoms with E-state index < -0.39 is 0 Å². The van der Waals surface area contributed by atoms with E-state index >= 15 is 0 Å². The molecule has 1 fully saturated rings. The quantitative estimate of drug-likeness (QED) is 0.913. The first kappa shape index (κ1) is 15.7. The second-order valence-corrected chi connectivity index (χ2v) is 6.77. The van der Waals surface area contributed by atoms with Gasteiger partial charge in [-0.1, -0.05) is 0 Å². The lowest BCUT2D eigenvalue weighted by molar-refractivity contribution is -0.116. The number of thiophene rings is 1. The highest BCUT2D eigenvalue weighted by Crippen LogP contribution is 2.24. The molecule has 0 spiro atoms. The highest BCUT2D eigenvalue weighted by molar-refractivity contribution is 7.14. The van der Waals surface area contributed by atoms with Crippen LogP contribution in [-0.2, 0) is 4.79 Å². The third kappa shape index (κ3) is 3.44. The van der Waals surface area contributed by atoms with Crippen LogP contribution in [0.25, 0.3) is 0 Å². The molecule has 0 saturated carbocycles. The molecule has 7 heteroatoms. The van der Waals surface area contributed by atoms with Crippen LogP contribution in [0.2, 0.25) is 0 Å². The first-order valence-corrected chi connectivity index (χ1v) is 8.47. The number of carbonyl (C=O) groups excluding carboxylic acids is 1. The van der Waals surface area contributed by atoms with E-state index in [1.54, 1.807) is 6.07 Å². The van der Waals surface area contributed by atoms with Gasteiger partial charge in [-0.25, -0.2) is 0 Å². The Morgan fingerprint density at radius 2 is 2.30 bits per heavy atom. The summed E-state index contributed by atoms with van der Waals surface area (Å²) in [5.74, 6) is -0.0430. The van der Waals surface area contributed by atoms with Gasteiger partial charge in [-0.15, -0.1) is 11.3 Å². The predicted octanol–water partition coefficient (Wildman–Crippen LogP) is 2.32. The monoisotopic (exact) mass is 329 g/mol. The number of carbonyl (C=O) groups is 1. The zero-order valence-electron chi connectivity index (χ0n) is 13.2. The third-order valence-electron chi connectivity index (χ3n) is 4.02. The van der Waals surface area contributed by atoms with Gasteiger partial charge in [0.15, 0.2) is 0 Å². The van der Waals surface area contributed by atoms with Crippen LogP contribution in [0.3, 0.4) is 0 Å². The number of likely N-dealkylation sites (tertiary alicyclic amines) is 1. The molecule has 0 aromatic carbocycles. The zero-order chi connectivity index (χ0) is 16.4. The Labute approximate surface area is 139 Å². The van der Waals surface area contributed by atoms with Crippen LogP contribution in [0.4, 0.5) is 5.00 Å². The number of hydrogen-bond acceptors (Lipinski definition) is 5. The van der Waals surface area contributed by atoms with Gasteiger partial charge in [-0.2, -0.15) is 10.4 Å². The average molecular weight is 329 g/mol. The maximum atomic E-state index is 12.0. The van der Waals surface area contributed by atoms with Gasteiger partial charge in [0, 0.05) is 31.7 Å². The minimum absolute atomic E-state index is 0.0430. The van der Waals surface area contributed by atoms with E-state index in [-0.39, 0.29) is 5.91 Å². The Balaban J connectivity index is 1.43. The Morgan fingerprint density at radius 1 is 1.52 bits per heavy atom. The van der Waals surface area contributed by atoms with Crippen LogP contribution in [0.1, 0.15) is 29.4 Å². The second kappa shape index (κ2) is 6.52. The molecule has 1 aliphatic heterocycles. The van der Waals surface area contributed by atoms with E-state index in [1.165, 1.54) is 17.0 Å². The fourth-order valence-electron chi connectivity index (χ4n) is 2.84. The van der Waals surface area contributed by atoms with Crippen LogP contribution < -0.4 is 5.32 Å². The number of hydrogen-bond donors (Lipinski definition) is 1. The number of nitriles is 1. The molecule has 0 atom stereocenters. The van der Waals surface area contributed by atoms with Crippen LogP contribution in [0.5, 0.6) is 0 Å². The van der Waals surface area contributed by atoms with Crippen molar-refractivity contribution < 1.29 is 4.79 Å². The van der Waals surface area contributed by atoms with Gasteiger partial charge in [-0.3, -0.25) is 14.4 Å². The highest BCUT2D eigenvalue weighted by Gasteiger charge is 2.29. The summed E-state index contributed by atoms with van der Waals surface area (Å²) in [4.78, 5) is 14.2. The number of nitrogens with one attached hydrogen (secondary N) is 1. The van der Waals surface area contributed by atoms with Crippen LogP contribution >= 0.6 is 11.3 Å². The SMILES string of the molecule is Cc1cc(C)n(C2CN(CCC(=O)Nc3sccc3C#N)C2)n1. The lowest BCUT2D eigenvalue weighted by atomic mass is 10.1. The van der Waals surface area contributed by atoms with Gasteiger partial charge >= 0.3 is 0 Å². The van der Waals surface area contributed by atoms with Gasteiger partial charge in [0.25, 0.3) is 0 Å². The molecule has 0 bridgehead atoms. The minimum Gasteiger partial charge on any atom is -0.317 e. The molecule has 3 heterocycles. The van der Waals surface area contributed by atoms with Crippen molar-refractivity contribution in [2.24, 2.45) is 0 Å². The number of amides is 1. The lowest BCUT2D eigenvalue weighted by Crippen LogP contribution is -2.49. The second-order valence-electron chi connectivity index (χ2n) is 5.86. The van der Waals surface area contributed by atoms with Crippen molar-refractivity contribution in [1.29, 1.82) is 5.26 Å². The molecule has 3 rings (SSSR count). The number of aromatic nitrogens is 2. The molecule has 1 amide bonds. The summed E-state index contributed by atoms with van der Waals surface area (Å²) in [6, 6.07) is 6.29. The van der Waals surface area contributed by atoms with Crippen molar-refractivity contribution in [3.8, 4) is 6.07 Å². The fraction of sp³-hybridized carbons (Fsp3) is 0.438. The molecule has 1 N–H and O–H groups in total. The van der Waals surface area contributed by atoms with Crippen molar-refractivity contribution in [3.05, 3.63) is 34.5 Å². The zero-order valence-corrected chi connectivity index (χ0v) is 14.1. The van der Waals surface area contributed by atoms with Gasteiger partial charge in [0.05, 0.1) is 17.3 Å². The molecule has 1 saturated heterocycles. The normalized spacial score (nSPS) is 15.2. The maximum absolute atomic E-state index is 12.0. The minimum atomic E-state index is -0.0430. The first-order valence-electron chi connectivity index (χ1n) is 7.59. The molecule has 1 aliphatic rings. The van der Waals surface area contributed by atoms with Crippen LogP contribution in [0.15, 0.2) is 17.5 Å². The first-order chi connectivity index (χ1) is 11.1. The summed E-state index contributed by atoms with van der Waals surface area (Å²) in [5.41, 5.74) is 2.76. The van der Waals surface area contributed by atoms with Gasteiger partial charge in [0.2, 0.25) is 5.91 Å². The average Bonchev–Trinajstić information content (AvgIpc) is 3.03. The molecule has 23 heavy (non-hydrogen) atoms. The Morgan fingerprint density at radius 3 is 2.96 bits per heavy atom. The molecule has 2 aromatic rings. The van der Waals surface area contributed by atoms with E-state index in [9.17, 15) is 4.79 Å². The van der Waals surface area contributed by atoms with Crippen molar-refractivity contribution in [2.75, 3.05) is 25.0 Å².